The van der Waals surface area contributed by atoms with Crippen LogP contribution in [0.15, 0.2) is 58.5 Å². The molecule has 2 heterocycles. The molecule has 1 amide bonds. The van der Waals surface area contributed by atoms with Gasteiger partial charge in [-0.2, -0.15) is 0 Å². The number of rotatable bonds is 5. The molecule has 0 saturated carbocycles. The summed E-state index contributed by atoms with van der Waals surface area (Å²) in [6.45, 7) is 7.95. The zero-order valence-electron chi connectivity index (χ0n) is 17.9. The number of fused-ring (bicyclic) bond motifs is 1. The maximum absolute atomic E-state index is 13.4. The zero-order chi connectivity index (χ0) is 22.1. The van der Waals surface area contributed by atoms with Gasteiger partial charge < -0.3 is 5.32 Å². The Morgan fingerprint density at radius 3 is 2.55 bits per heavy atom. The highest BCUT2D eigenvalue weighted by atomic mass is 32.2. The van der Waals surface area contributed by atoms with Gasteiger partial charge in [0.15, 0.2) is 5.16 Å². The fourth-order valence-electron chi connectivity index (χ4n) is 3.45. The van der Waals surface area contributed by atoms with Crippen LogP contribution in [0.5, 0.6) is 0 Å². The van der Waals surface area contributed by atoms with E-state index in [0.717, 1.165) is 32.9 Å². The van der Waals surface area contributed by atoms with Gasteiger partial charge in [-0.1, -0.05) is 47.7 Å². The summed E-state index contributed by atoms with van der Waals surface area (Å²) < 4.78 is 1.61. The molecule has 0 radical (unpaired) electrons. The first-order valence-electron chi connectivity index (χ1n) is 9.93. The van der Waals surface area contributed by atoms with E-state index in [-0.39, 0.29) is 17.2 Å². The number of hydrogen-bond donors (Lipinski definition) is 1. The maximum Gasteiger partial charge on any atom is 0.267 e. The van der Waals surface area contributed by atoms with Crippen molar-refractivity contribution in [3.8, 4) is 5.69 Å². The van der Waals surface area contributed by atoms with Crippen LogP contribution in [-0.2, 0) is 4.79 Å². The van der Waals surface area contributed by atoms with Crippen molar-refractivity contribution in [2.75, 3.05) is 11.1 Å². The van der Waals surface area contributed by atoms with E-state index in [1.165, 1.54) is 23.1 Å². The lowest BCUT2D eigenvalue weighted by Gasteiger charge is -2.13. The van der Waals surface area contributed by atoms with Crippen molar-refractivity contribution in [1.29, 1.82) is 0 Å². The van der Waals surface area contributed by atoms with Crippen LogP contribution < -0.4 is 10.9 Å². The largest absolute Gasteiger partial charge is 0.325 e. The summed E-state index contributed by atoms with van der Waals surface area (Å²) in [7, 11) is 0. The minimum absolute atomic E-state index is 0.102. The van der Waals surface area contributed by atoms with Gasteiger partial charge in [-0.3, -0.25) is 14.2 Å². The van der Waals surface area contributed by atoms with Crippen LogP contribution in [-0.4, -0.2) is 21.2 Å². The Kier molecular flexibility index (Phi) is 5.98. The van der Waals surface area contributed by atoms with Crippen molar-refractivity contribution in [3.63, 3.8) is 0 Å². The van der Waals surface area contributed by atoms with Gasteiger partial charge in [0.05, 0.1) is 16.8 Å². The van der Waals surface area contributed by atoms with E-state index in [9.17, 15) is 9.59 Å². The highest BCUT2D eigenvalue weighted by Crippen LogP contribution is 2.29. The van der Waals surface area contributed by atoms with E-state index in [2.05, 4.69) is 5.32 Å². The normalized spacial score (nSPS) is 11.1. The number of carbonyl (C=O) groups is 1. The van der Waals surface area contributed by atoms with E-state index in [0.29, 0.717) is 15.4 Å². The second-order valence-electron chi connectivity index (χ2n) is 7.49. The van der Waals surface area contributed by atoms with E-state index < -0.39 is 0 Å². The molecule has 0 bridgehead atoms. The van der Waals surface area contributed by atoms with Gasteiger partial charge in [0.2, 0.25) is 5.91 Å². The molecule has 1 N–H and O–H groups in total. The predicted octanol–water partition coefficient (Wildman–Crippen LogP) is 5.41. The molecule has 5 nitrogen and oxygen atoms in total. The molecule has 7 heteroatoms. The van der Waals surface area contributed by atoms with E-state index in [1.807, 2.05) is 76.2 Å². The number of anilines is 1. The SMILES string of the molecule is Cc1ccc(NC(=O)CSc2nc3sc(C)c(C)c3c(=O)n2-c2ccccc2)c(C)c1. The van der Waals surface area contributed by atoms with E-state index in [1.54, 1.807) is 4.57 Å². The van der Waals surface area contributed by atoms with Crippen LogP contribution in [0, 0.1) is 27.7 Å². The molecule has 0 saturated heterocycles. The van der Waals surface area contributed by atoms with Gasteiger partial charge in [-0.05, 0) is 57.0 Å². The minimum Gasteiger partial charge on any atom is -0.325 e. The highest BCUT2D eigenvalue weighted by molar-refractivity contribution is 7.99. The number of para-hydroxylation sites is 1. The van der Waals surface area contributed by atoms with Crippen molar-refractivity contribution >= 4 is 44.9 Å². The van der Waals surface area contributed by atoms with Crippen molar-refractivity contribution in [3.05, 3.63) is 80.5 Å². The van der Waals surface area contributed by atoms with Crippen LogP contribution >= 0.6 is 23.1 Å². The molecular weight excluding hydrogens is 426 g/mol. The summed E-state index contributed by atoms with van der Waals surface area (Å²) in [4.78, 5) is 32.6. The summed E-state index contributed by atoms with van der Waals surface area (Å²) in [5.74, 6) is 0.0194. The summed E-state index contributed by atoms with van der Waals surface area (Å²) in [5, 5.41) is 4.12. The molecule has 0 spiro atoms. The number of carbonyl (C=O) groups excluding carboxylic acids is 1. The third-order valence-corrected chi connectivity index (χ3v) is 7.21. The molecule has 0 atom stereocenters. The predicted molar refractivity (Wildman–Crippen MR) is 130 cm³/mol. The number of aryl methyl sites for hydroxylation is 4. The van der Waals surface area contributed by atoms with Crippen LogP contribution in [0.1, 0.15) is 21.6 Å². The number of thiophene rings is 1. The zero-order valence-corrected chi connectivity index (χ0v) is 19.5. The Balaban J connectivity index is 1.68. The Bertz CT molecular complexity index is 1340. The van der Waals surface area contributed by atoms with Crippen LogP contribution in [0.3, 0.4) is 0 Å². The lowest BCUT2D eigenvalue weighted by atomic mass is 10.1. The summed E-state index contributed by atoms with van der Waals surface area (Å²) in [6, 6.07) is 15.4. The monoisotopic (exact) mass is 449 g/mol. The van der Waals surface area contributed by atoms with E-state index in [4.69, 9.17) is 4.98 Å². The van der Waals surface area contributed by atoms with Gasteiger partial charge in [0.25, 0.3) is 5.56 Å². The summed E-state index contributed by atoms with van der Waals surface area (Å²) in [5.41, 5.74) is 4.56. The molecule has 0 fully saturated rings. The number of thioether (sulfide) groups is 1. The van der Waals surface area contributed by atoms with Crippen LogP contribution in [0.2, 0.25) is 0 Å². The summed E-state index contributed by atoms with van der Waals surface area (Å²) in [6.07, 6.45) is 0. The molecule has 31 heavy (non-hydrogen) atoms. The molecule has 2 aromatic carbocycles. The molecule has 4 rings (SSSR count). The van der Waals surface area contributed by atoms with Gasteiger partial charge in [-0.15, -0.1) is 11.3 Å². The molecular formula is C24H23N3O2S2. The fourth-order valence-corrected chi connectivity index (χ4v) is 5.33. The average Bonchev–Trinajstić information content (AvgIpc) is 3.03. The lowest BCUT2D eigenvalue weighted by Crippen LogP contribution is -2.22. The third kappa shape index (κ3) is 4.29. The number of nitrogens with one attached hydrogen (secondary N) is 1. The van der Waals surface area contributed by atoms with Crippen LogP contribution in [0.25, 0.3) is 15.9 Å². The average molecular weight is 450 g/mol. The van der Waals surface area contributed by atoms with Crippen molar-refractivity contribution in [2.24, 2.45) is 0 Å². The molecule has 0 aliphatic rings. The number of amides is 1. The second-order valence-corrected chi connectivity index (χ2v) is 9.63. The highest BCUT2D eigenvalue weighted by Gasteiger charge is 2.19. The Hall–Kier alpha value is -2.90. The van der Waals surface area contributed by atoms with Gasteiger partial charge >= 0.3 is 0 Å². The van der Waals surface area contributed by atoms with Crippen molar-refractivity contribution in [1.82, 2.24) is 9.55 Å². The number of benzene rings is 2. The Morgan fingerprint density at radius 1 is 1.10 bits per heavy atom. The topological polar surface area (TPSA) is 64.0 Å². The molecule has 0 unspecified atom stereocenters. The van der Waals surface area contributed by atoms with Gasteiger partial charge in [-0.25, -0.2) is 4.98 Å². The van der Waals surface area contributed by atoms with Gasteiger partial charge in [0, 0.05) is 10.6 Å². The Morgan fingerprint density at radius 2 is 1.84 bits per heavy atom. The number of nitrogens with zero attached hydrogens (tertiary/aromatic N) is 2. The second kappa shape index (κ2) is 8.69. The van der Waals surface area contributed by atoms with Crippen molar-refractivity contribution < 1.29 is 4.79 Å². The minimum atomic E-state index is -0.135. The fraction of sp³-hybridized carbons (Fsp3) is 0.208. The summed E-state index contributed by atoms with van der Waals surface area (Å²) >= 11 is 2.78. The Labute approximate surface area is 189 Å². The smallest absolute Gasteiger partial charge is 0.267 e. The standard InChI is InChI=1S/C24H23N3O2S2/c1-14-10-11-19(15(2)12-14)25-20(28)13-30-24-26-22-21(16(3)17(4)31-22)23(29)27(24)18-8-6-5-7-9-18/h5-12H,13H2,1-4H3,(H,25,28). The molecule has 0 aliphatic heterocycles. The number of aromatic nitrogens is 2. The molecule has 4 aromatic rings. The number of hydrogen-bond acceptors (Lipinski definition) is 5. The quantitative estimate of drug-likeness (QED) is 0.327. The third-order valence-electron chi connectivity index (χ3n) is 5.17. The first-order valence-corrected chi connectivity index (χ1v) is 11.7. The van der Waals surface area contributed by atoms with Crippen LogP contribution in [0.4, 0.5) is 5.69 Å². The lowest BCUT2D eigenvalue weighted by molar-refractivity contribution is -0.113. The van der Waals surface area contributed by atoms with Crippen molar-refractivity contribution in [2.45, 2.75) is 32.9 Å². The molecule has 2 aromatic heterocycles. The van der Waals surface area contributed by atoms with E-state index >= 15 is 0 Å². The maximum atomic E-state index is 13.4. The first-order chi connectivity index (χ1) is 14.8. The molecule has 158 valence electrons. The molecule has 0 aliphatic carbocycles. The van der Waals surface area contributed by atoms with Gasteiger partial charge in [0.1, 0.15) is 4.83 Å². The first kappa shape index (κ1) is 21.3.